The van der Waals surface area contributed by atoms with Crippen molar-refractivity contribution < 1.29 is 8.78 Å². The predicted octanol–water partition coefficient (Wildman–Crippen LogP) is 4.83. The summed E-state index contributed by atoms with van der Waals surface area (Å²) in [5, 5.41) is 3.06. The van der Waals surface area contributed by atoms with Gasteiger partial charge < -0.3 is 5.32 Å². The van der Waals surface area contributed by atoms with Gasteiger partial charge >= 0.3 is 0 Å². The lowest BCUT2D eigenvalue weighted by Gasteiger charge is -2.10. The van der Waals surface area contributed by atoms with Crippen molar-refractivity contribution in [2.45, 2.75) is 51.4 Å². The molecule has 1 nitrogen and oxygen atoms in total. The van der Waals surface area contributed by atoms with Crippen LogP contribution in [0.25, 0.3) is 0 Å². The Morgan fingerprint density at radius 3 is 2.72 bits per heavy atom. The van der Waals surface area contributed by atoms with Crippen molar-refractivity contribution in [3.05, 3.63) is 29.3 Å². The topological polar surface area (TPSA) is 12.0 Å². The summed E-state index contributed by atoms with van der Waals surface area (Å²) < 4.78 is 26.7. The van der Waals surface area contributed by atoms with E-state index >= 15 is 0 Å². The number of halogens is 2. The fraction of sp³-hybridized carbons (Fsp3) is 0.600. The van der Waals surface area contributed by atoms with Gasteiger partial charge in [-0.05, 0) is 18.1 Å². The minimum absolute atomic E-state index is 0.270. The van der Waals surface area contributed by atoms with Crippen molar-refractivity contribution in [3.8, 4) is 0 Å². The van der Waals surface area contributed by atoms with Gasteiger partial charge in [0.25, 0.3) is 0 Å². The number of fused-ring (bicyclic) bond motifs is 1. The van der Waals surface area contributed by atoms with Gasteiger partial charge in [-0.2, -0.15) is 0 Å². The van der Waals surface area contributed by atoms with Crippen LogP contribution in [0.5, 0.6) is 0 Å². The summed E-state index contributed by atoms with van der Waals surface area (Å²) in [5.41, 5.74) is 1.33. The monoisotopic (exact) mass is 253 g/mol. The molecule has 1 aliphatic rings. The zero-order valence-corrected chi connectivity index (χ0v) is 10.9. The molecule has 100 valence electrons. The molecule has 0 fully saturated rings. The van der Waals surface area contributed by atoms with Gasteiger partial charge in [0.2, 0.25) is 0 Å². The predicted molar refractivity (Wildman–Crippen MR) is 71.0 cm³/mol. The van der Waals surface area contributed by atoms with Crippen LogP contribution in [0.3, 0.4) is 0 Å². The van der Waals surface area contributed by atoms with E-state index in [0.717, 1.165) is 31.0 Å². The fourth-order valence-electron chi connectivity index (χ4n) is 2.69. The van der Waals surface area contributed by atoms with Crippen LogP contribution < -0.4 is 5.32 Å². The molecule has 2 rings (SSSR count). The third kappa shape index (κ3) is 3.01. The Kier molecular flexibility index (Phi) is 4.56. The molecule has 1 aliphatic heterocycles. The first-order valence-corrected chi connectivity index (χ1v) is 6.95. The van der Waals surface area contributed by atoms with Gasteiger partial charge in [-0.15, -0.1) is 0 Å². The van der Waals surface area contributed by atoms with Crippen LogP contribution in [0.4, 0.5) is 14.5 Å². The van der Waals surface area contributed by atoms with Gasteiger partial charge in [0.15, 0.2) is 0 Å². The highest BCUT2D eigenvalue weighted by molar-refractivity contribution is 5.58. The van der Waals surface area contributed by atoms with E-state index in [9.17, 15) is 8.78 Å². The van der Waals surface area contributed by atoms with Crippen LogP contribution in [0.15, 0.2) is 12.1 Å². The number of nitrogens with one attached hydrogen (secondary N) is 1. The molecule has 0 spiro atoms. The lowest BCUT2D eigenvalue weighted by Crippen LogP contribution is -2.01. The van der Waals surface area contributed by atoms with E-state index in [1.807, 2.05) is 0 Å². The van der Waals surface area contributed by atoms with E-state index in [4.69, 9.17) is 0 Å². The second-order valence-corrected chi connectivity index (χ2v) is 5.13. The number of hydrogen-bond acceptors (Lipinski definition) is 1. The zero-order chi connectivity index (χ0) is 13.0. The fourth-order valence-corrected chi connectivity index (χ4v) is 2.69. The second kappa shape index (κ2) is 6.17. The Balaban J connectivity index is 1.91. The largest absolute Gasteiger partial charge is 0.382 e. The average Bonchev–Trinajstić information content (AvgIpc) is 2.72. The van der Waals surface area contributed by atoms with Crippen molar-refractivity contribution in [2.24, 2.45) is 0 Å². The summed E-state index contributed by atoms with van der Waals surface area (Å²) in [5.74, 6) is -0.656. The normalized spacial score (nSPS) is 17.6. The van der Waals surface area contributed by atoms with Crippen LogP contribution in [0, 0.1) is 11.6 Å². The SMILES string of the molecule is CCCCCCCC1CNc2c(F)cc(F)cc21. The van der Waals surface area contributed by atoms with Crippen LogP contribution in [-0.4, -0.2) is 6.54 Å². The van der Waals surface area contributed by atoms with Crippen molar-refractivity contribution in [1.29, 1.82) is 0 Å². The smallest absolute Gasteiger partial charge is 0.149 e. The van der Waals surface area contributed by atoms with Crippen LogP contribution in [-0.2, 0) is 0 Å². The standard InChI is InChI=1S/C15H21F2N/c1-2-3-4-5-6-7-11-10-18-15-13(11)8-12(16)9-14(15)17/h8-9,11,18H,2-7,10H2,1H3. The molecule has 0 saturated heterocycles. The van der Waals surface area contributed by atoms with Crippen molar-refractivity contribution in [2.75, 3.05) is 11.9 Å². The molecule has 0 radical (unpaired) electrons. The minimum Gasteiger partial charge on any atom is -0.382 e. The summed E-state index contributed by atoms with van der Waals surface area (Å²) in [6, 6.07) is 2.44. The molecule has 1 aromatic carbocycles. The van der Waals surface area contributed by atoms with E-state index in [1.165, 1.54) is 31.7 Å². The molecule has 0 bridgehead atoms. The first-order chi connectivity index (χ1) is 8.72. The first-order valence-electron chi connectivity index (χ1n) is 6.95. The number of rotatable bonds is 6. The lowest BCUT2D eigenvalue weighted by atomic mass is 9.94. The molecule has 0 aromatic heterocycles. The first kappa shape index (κ1) is 13.3. The van der Waals surface area contributed by atoms with E-state index in [0.29, 0.717) is 5.69 Å². The van der Waals surface area contributed by atoms with Gasteiger partial charge in [-0.1, -0.05) is 39.0 Å². The molecule has 1 atom stereocenters. The van der Waals surface area contributed by atoms with Crippen LogP contribution >= 0.6 is 0 Å². The van der Waals surface area contributed by atoms with Gasteiger partial charge in [-0.3, -0.25) is 0 Å². The average molecular weight is 253 g/mol. The molecular weight excluding hydrogens is 232 g/mol. The summed E-state index contributed by atoms with van der Waals surface area (Å²) in [6.45, 7) is 2.94. The maximum atomic E-state index is 13.5. The summed E-state index contributed by atoms with van der Waals surface area (Å²) in [6.07, 6.45) is 7.17. The quantitative estimate of drug-likeness (QED) is 0.716. The lowest BCUT2D eigenvalue weighted by molar-refractivity contribution is 0.558. The van der Waals surface area contributed by atoms with E-state index in [1.54, 1.807) is 0 Å². The number of anilines is 1. The second-order valence-electron chi connectivity index (χ2n) is 5.13. The van der Waals surface area contributed by atoms with Crippen molar-refractivity contribution in [1.82, 2.24) is 0 Å². The molecule has 1 N–H and O–H groups in total. The Hall–Kier alpha value is -1.12. The Bertz CT molecular complexity index is 404. The van der Waals surface area contributed by atoms with Gasteiger partial charge in [-0.25, -0.2) is 8.78 Å². The van der Waals surface area contributed by atoms with Crippen molar-refractivity contribution >= 4 is 5.69 Å². The summed E-state index contributed by atoms with van der Waals surface area (Å²) in [7, 11) is 0. The van der Waals surface area contributed by atoms with Gasteiger partial charge in [0, 0.05) is 18.5 Å². The molecule has 0 amide bonds. The maximum Gasteiger partial charge on any atom is 0.149 e. The van der Waals surface area contributed by atoms with Crippen LogP contribution in [0.1, 0.15) is 56.9 Å². The van der Waals surface area contributed by atoms with Gasteiger partial charge in [0.1, 0.15) is 11.6 Å². The Labute approximate surface area is 108 Å². The number of unbranched alkanes of at least 4 members (excludes halogenated alkanes) is 4. The molecule has 1 aromatic rings. The Morgan fingerprint density at radius 1 is 1.17 bits per heavy atom. The molecule has 0 saturated carbocycles. The molecule has 0 aliphatic carbocycles. The molecule has 1 heterocycles. The third-order valence-corrected chi connectivity index (χ3v) is 3.71. The minimum atomic E-state index is -0.467. The third-order valence-electron chi connectivity index (χ3n) is 3.71. The highest BCUT2D eigenvalue weighted by Crippen LogP contribution is 2.37. The molecule has 3 heteroatoms. The summed E-state index contributed by atoms with van der Waals surface area (Å²) >= 11 is 0. The number of hydrogen-bond donors (Lipinski definition) is 1. The molecule has 18 heavy (non-hydrogen) atoms. The number of benzene rings is 1. The molecular formula is C15H21F2N. The Morgan fingerprint density at radius 2 is 1.94 bits per heavy atom. The summed E-state index contributed by atoms with van der Waals surface area (Å²) in [4.78, 5) is 0. The van der Waals surface area contributed by atoms with E-state index in [2.05, 4.69) is 12.2 Å². The van der Waals surface area contributed by atoms with E-state index in [-0.39, 0.29) is 5.92 Å². The van der Waals surface area contributed by atoms with Crippen molar-refractivity contribution in [3.63, 3.8) is 0 Å². The zero-order valence-electron chi connectivity index (χ0n) is 10.9. The molecule has 1 unspecified atom stereocenters. The highest BCUT2D eigenvalue weighted by Gasteiger charge is 2.25. The highest BCUT2D eigenvalue weighted by atomic mass is 19.1. The van der Waals surface area contributed by atoms with Gasteiger partial charge in [0.05, 0.1) is 5.69 Å². The maximum absolute atomic E-state index is 13.5. The van der Waals surface area contributed by atoms with Crippen LogP contribution in [0.2, 0.25) is 0 Å². The van der Waals surface area contributed by atoms with E-state index < -0.39 is 11.6 Å².